The summed E-state index contributed by atoms with van der Waals surface area (Å²) in [5.41, 5.74) is 2.24. The maximum Gasteiger partial charge on any atom is 0.256 e. The molecule has 7 heteroatoms. The van der Waals surface area contributed by atoms with Crippen molar-refractivity contribution >= 4 is 5.91 Å². The highest BCUT2D eigenvalue weighted by molar-refractivity contribution is 5.97. The molecule has 7 nitrogen and oxygen atoms in total. The van der Waals surface area contributed by atoms with Gasteiger partial charge >= 0.3 is 0 Å². The quantitative estimate of drug-likeness (QED) is 0.684. The van der Waals surface area contributed by atoms with Crippen molar-refractivity contribution in [3.8, 4) is 11.6 Å². The minimum atomic E-state index is 0.00582. The normalized spacial score (nSPS) is 16.8. The third-order valence-electron chi connectivity index (χ3n) is 4.90. The van der Waals surface area contributed by atoms with E-state index in [4.69, 9.17) is 4.74 Å². The second-order valence-electron chi connectivity index (χ2n) is 7.02. The maximum atomic E-state index is 13.2. The number of nitrogens with zero attached hydrogens (tertiary/aromatic N) is 5. The average molecular weight is 377 g/mol. The van der Waals surface area contributed by atoms with Gasteiger partial charge in [0.15, 0.2) is 0 Å². The minimum absolute atomic E-state index is 0.00582. The van der Waals surface area contributed by atoms with Crippen LogP contribution in [0.25, 0.3) is 5.69 Å². The molecule has 1 fully saturated rings. The molecule has 1 unspecified atom stereocenters. The summed E-state index contributed by atoms with van der Waals surface area (Å²) in [6.45, 7) is 3.92. The molecule has 4 rings (SSSR count). The number of aryl methyl sites for hydroxylation is 1. The van der Waals surface area contributed by atoms with Crippen molar-refractivity contribution in [1.29, 1.82) is 0 Å². The smallest absolute Gasteiger partial charge is 0.256 e. The Bertz CT molecular complexity index is 941. The van der Waals surface area contributed by atoms with E-state index in [1.165, 1.54) is 4.80 Å². The first kappa shape index (κ1) is 18.2. The van der Waals surface area contributed by atoms with E-state index in [1.54, 1.807) is 12.4 Å². The van der Waals surface area contributed by atoms with Crippen LogP contribution in [0.1, 0.15) is 28.9 Å². The zero-order valence-electron chi connectivity index (χ0n) is 15.9. The number of carbonyl (C=O) groups excluding carboxylic acids is 1. The second kappa shape index (κ2) is 8.21. The molecule has 1 aliphatic heterocycles. The predicted molar refractivity (Wildman–Crippen MR) is 104 cm³/mol. The maximum absolute atomic E-state index is 13.2. The van der Waals surface area contributed by atoms with Gasteiger partial charge in [-0.05, 0) is 38.0 Å². The fourth-order valence-electron chi connectivity index (χ4n) is 3.53. The number of likely N-dealkylation sites (tertiary alicyclic amines) is 1. The molecule has 28 heavy (non-hydrogen) atoms. The third kappa shape index (κ3) is 4.03. The molecular weight excluding hydrogens is 354 g/mol. The Morgan fingerprint density at radius 2 is 1.96 bits per heavy atom. The van der Waals surface area contributed by atoms with E-state index in [0.29, 0.717) is 30.3 Å². The number of ether oxygens (including phenoxy) is 1. The van der Waals surface area contributed by atoms with E-state index in [1.807, 2.05) is 54.3 Å². The topological polar surface area (TPSA) is 73.1 Å². The van der Waals surface area contributed by atoms with Crippen molar-refractivity contribution in [3.63, 3.8) is 0 Å². The van der Waals surface area contributed by atoms with E-state index in [0.717, 1.165) is 25.1 Å². The van der Waals surface area contributed by atoms with Crippen LogP contribution in [0.5, 0.6) is 5.88 Å². The first-order valence-electron chi connectivity index (χ1n) is 9.52. The van der Waals surface area contributed by atoms with Crippen LogP contribution in [0.2, 0.25) is 0 Å². The SMILES string of the molecule is Cc1cccc(OCC2CCCN(C(=O)c3ccccc3-n3nccn3)C2)n1. The van der Waals surface area contributed by atoms with E-state index in [2.05, 4.69) is 15.2 Å². The number of para-hydroxylation sites is 1. The largest absolute Gasteiger partial charge is 0.477 e. The first-order chi connectivity index (χ1) is 13.7. The van der Waals surface area contributed by atoms with E-state index in [-0.39, 0.29) is 11.8 Å². The summed E-state index contributed by atoms with van der Waals surface area (Å²) in [6, 6.07) is 13.2. The third-order valence-corrected chi connectivity index (χ3v) is 4.90. The van der Waals surface area contributed by atoms with Gasteiger partial charge in [0.1, 0.15) is 0 Å². The standard InChI is InChI=1S/C21H23N5O2/c1-16-6-4-10-20(24-16)28-15-17-7-5-13-25(14-17)21(27)18-8-2-3-9-19(18)26-22-11-12-23-26/h2-4,6,8-12,17H,5,7,13-15H2,1H3. The molecule has 0 bridgehead atoms. The molecule has 3 aromatic rings. The van der Waals surface area contributed by atoms with Crippen LogP contribution in [0.15, 0.2) is 54.9 Å². The highest BCUT2D eigenvalue weighted by Gasteiger charge is 2.27. The second-order valence-corrected chi connectivity index (χ2v) is 7.02. The Morgan fingerprint density at radius 3 is 2.79 bits per heavy atom. The summed E-state index contributed by atoms with van der Waals surface area (Å²) in [5, 5.41) is 8.34. The van der Waals surface area contributed by atoms with E-state index >= 15 is 0 Å². The van der Waals surface area contributed by atoms with Crippen molar-refractivity contribution in [3.05, 3.63) is 66.1 Å². The van der Waals surface area contributed by atoms with Crippen molar-refractivity contribution in [2.45, 2.75) is 19.8 Å². The molecule has 0 aliphatic carbocycles. The molecule has 0 radical (unpaired) electrons. The highest BCUT2D eigenvalue weighted by atomic mass is 16.5. The van der Waals surface area contributed by atoms with Gasteiger partial charge in [-0.15, -0.1) is 0 Å². The van der Waals surface area contributed by atoms with Crippen LogP contribution in [0.4, 0.5) is 0 Å². The lowest BCUT2D eigenvalue weighted by Gasteiger charge is -2.33. The van der Waals surface area contributed by atoms with Crippen molar-refractivity contribution < 1.29 is 9.53 Å². The molecule has 144 valence electrons. The molecular formula is C21H23N5O2. The molecule has 2 aromatic heterocycles. The van der Waals surface area contributed by atoms with Crippen LogP contribution >= 0.6 is 0 Å². The average Bonchev–Trinajstić information content (AvgIpc) is 3.27. The Kier molecular flexibility index (Phi) is 5.32. The number of hydrogen-bond donors (Lipinski definition) is 0. The number of aromatic nitrogens is 4. The highest BCUT2D eigenvalue weighted by Crippen LogP contribution is 2.22. The van der Waals surface area contributed by atoms with Crippen molar-refractivity contribution in [2.75, 3.05) is 19.7 Å². The molecule has 0 spiro atoms. The number of hydrogen-bond acceptors (Lipinski definition) is 5. The Morgan fingerprint density at radius 1 is 1.14 bits per heavy atom. The number of rotatable bonds is 5. The number of benzene rings is 1. The predicted octanol–water partition coefficient (Wildman–Crippen LogP) is 2.90. The molecule has 1 saturated heterocycles. The Hall–Kier alpha value is -3.22. The van der Waals surface area contributed by atoms with Gasteiger partial charge in [0.25, 0.3) is 5.91 Å². The van der Waals surface area contributed by atoms with Gasteiger partial charge in [0, 0.05) is 30.8 Å². The number of amides is 1. The molecule has 1 atom stereocenters. The Balaban J connectivity index is 1.44. The fourth-order valence-corrected chi connectivity index (χ4v) is 3.53. The number of pyridine rings is 1. The molecule has 1 amide bonds. The molecule has 1 aliphatic rings. The van der Waals surface area contributed by atoms with Gasteiger partial charge in [-0.25, -0.2) is 4.98 Å². The lowest BCUT2D eigenvalue weighted by atomic mass is 9.98. The molecule has 1 aromatic carbocycles. The molecule has 0 N–H and O–H groups in total. The van der Waals surface area contributed by atoms with Crippen LogP contribution in [0, 0.1) is 12.8 Å². The number of carbonyl (C=O) groups is 1. The summed E-state index contributed by atoms with van der Waals surface area (Å²) < 4.78 is 5.87. The van der Waals surface area contributed by atoms with Gasteiger partial charge in [-0.3, -0.25) is 4.79 Å². The monoisotopic (exact) mass is 377 g/mol. The lowest BCUT2D eigenvalue weighted by Crippen LogP contribution is -2.42. The number of piperidine rings is 1. The molecule has 3 heterocycles. The van der Waals surface area contributed by atoms with Gasteiger partial charge < -0.3 is 9.64 Å². The van der Waals surface area contributed by atoms with E-state index < -0.39 is 0 Å². The van der Waals surface area contributed by atoms with Gasteiger partial charge in [0.05, 0.1) is 30.3 Å². The van der Waals surface area contributed by atoms with Gasteiger partial charge in [-0.2, -0.15) is 15.0 Å². The summed E-state index contributed by atoms with van der Waals surface area (Å²) in [6.07, 6.45) is 5.21. The minimum Gasteiger partial charge on any atom is -0.477 e. The van der Waals surface area contributed by atoms with Crippen molar-refractivity contribution in [2.24, 2.45) is 5.92 Å². The first-order valence-corrected chi connectivity index (χ1v) is 9.52. The van der Waals surface area contributed by atoms with E-state index in [9.17, 15) is 4.79 Å². The fraction of sp³-hybridized carbons (Fsp3) is 0.333. The zero-order chi connectivity index (χ0) is 19.3. The van der Waals surface area contributed by atoms with Gasteiger partial charge in [-0.1, -0.05) is 18.2 Å². The summed E-state index contributed by atoms with van der Waals surface area (Å²) in [4.78, 5) is 21.0. The zero-order valence-corrected chi connectivity index (χ0v) is 15.9. The van der Waals surface area contributed by atoms with Crippen LogP contribution in [0.3, 0.4) is 0 Å². The van der Waals surface area contributed by atoms with Crippen LogP contribution in [-0.2, 0) is 0 Å². The summed E-state index contributed by atoms with van der Waals surface area (Å²) >= 11 is 0. The summed E-state index contributed by atoms with van der Waals surface area (Å²) in [5.74, 6) is 0.930. The Labute approximate surface area is 164 Å². The summed E-state index contributed by atoms with van der Waals surface area (Å²) in [7, 11) is 0. The van der Waals surface area contributed by atoms with Crippen molar-refractivity contribution in [1.82, 2.24) is 24.9 Å². The lowest BCUT2D eigenvalue weighted by molar-refractivity contribution is 0.0631. The van der Waals surface area contributed by atoms with Gasteiger partial charge in [0.2, 0.25) is 5.88 Å². The van der Waals surface area contributed by atoms with Crippen LogP contribution < -0.4 is 4.74 Å². The molecule has 0 saturated carbocycles. The van der Waals surface area contributed by atoms with Crippen LogP contribution in [-0.4, -0.2) is 50.5 Å².